The molecule has 0 aliphatic rings. The van der Waals surface area contributed by atoms with Gasteiger partial charge in [-0.05, 0) is 126 Å². The molecule has 56 heavy (non-hydrogen) atoms. The first-order valence-electron chi connectivity index (χ1n) is 20.2. The van der Waals surface area contributed by atoms with Crippen LogP contribution in [0.1, 0.15) is 136 Å². The number of aliphatic hydroxyl groups is 2. The van der Waals surface area contributed by atoms with E-state index in [0.29, 0.717) is 46.2 Å². The van der Waals surface area contributed by atoms with Crippen molar-refractivity contribution in [1.82, 2.24) is 9.80 Å². The SMILES string of the molecule is CC(C)N(CCC(c1ccccc1)c1cc(CO)ccc1C(C(=O)O)C(C(=O)O)c1ccc(CO)cc1C(CCN(C(C)C)C(C)C)c1ccccc1)C(C)C. The van der Waals surface area contributed by atoms with Crippen molar-refractivity contribution in [2.45, 2.75) is 129 Å². The number of benzene rings is 4. The van der Waals surface area contributed by atoms with E-state index >= 15 is 0 Å². The molecule has 0 fully saturated rings. The molecule has 0 spiro atoms. The Hall–Kier alpha value is -4.34. The molecule has 4 aromatic carbocycles. The van der Waals surface area contributed by atoms with Crippen molar-refractivity contribution in [3.8, 4) is 0 Å². The van der Waals surface area contributed by atoms with Crippen LogP contribution >= 0.6 is 0 Å². The number of hydrogen-bond acceptors (Lipinski definition) is 6. The largest absolute Gasteiger partial charge is 0.481 e. The van der Waals surface area contributed by atoms with Crippen LogP contribution in [0.15, 0.2) is 97.1 Å². The summed E-state index contributed by atoms with van der Waals surface area (Å²) in [6, 6.07) is 31.6. The lowest BCUT2D eigenvalue weighted by Crippen LogP contribution is -2.38. The van der Waals surface area contributed by atoms with Gasteiger partial charge in [-0.15, -0.1) is 0 Å². The third-order valence-corrected chi connectivity index (χ3v) is 11.4. The van der Waals surface area contributed by atoms with E-state index in [4.69, 9.17) is 0 Å². The summed E-state index contributed by atoms with van der Waals surface area (Å²) < 4.78 is 0. The van der Waals surface area contributed by atoms with Gasteiger partial charge in [-0.25, -0.2) is 0 Å². The van der Waals surface area contributed by atoms with Crippen LogP contribution in [0.25, 0.3) is 0 Å². The number of nitrogens with zero attached hydrogens (tertiary/aromatic N) is 2. The second-order valence-electron chi connectivity index (χ2n) is 16.2. The van der Waals surface area contributed by atoms with Crippen molar-refractivity contribution in [2.24, 2.45) is 0 Å². The average Bonchev–Trinajstić information content (AvgIpc) is 3.17. The summed E-state index contributed by atoms with van der Waals surface area (Å²) in [5.41, 5.74) is 5.46. The van der Waals surface area contributed by atoms with Crippen molar-refractivity contribution in [3.63, 3.8) is 0 Å². The molecule has 0 saturated carbocycles. The molecule has 4 unspecified atom stereocenters. The Labute approximate surface area is 334 Å². The zero-order valence-electron chi connectivity index (χ0n) is 34.6. The molecule has 4 atom stereocenters. The van der Waals surface area contributed by atoms with Gasteiger partial charge in [-0.1, -0.05) is 97.1 Å². The van der Waals surface area contributed by atoms with Gasteiger partial charge >= 0.3 is 11.9 Å². The molecule has 0 bridgehead atoms. The van der Waals surface area contributed by atoms with Crippen molar-refractivity contribution < 1.29 is 30.0 Å². The van der Waals surface area contributed by atoms with Crippen LogP contribution < -0.4 is 0 Å². The molecular weight excluding hydrogens is 701 g/mol. The van der Waals surface area contributed by atoms with Gasteiger partial charge < -0.3 is 20.4 Å². The van der Waals surface area contributed by atoms with Crippen molar-refractivity contribution in [1.29, 1.82) is 0 Å². The second-order valence-corrected chi connectivity index (χ2v) is 16.2. The Balaban J connectivity index is 1.98. The third-order valence-electron chi connectivity index (χ3n) is 11.4. The maximum atomic E-state index is 13.8. The van der Waals surface area contributed by atoms with Gasteiger partial charge in [0.15, 0.2) is 0 Å². The zero-order chi connectivity index (χ0) is 41.1. The van der Waals surface area contributed by atoms with Crippen molar-refractivity contribution in [2.75, 3.05) is 13.1 Å². The minimum absolute atomic E-state index is 0.242. The number of hydrogen-bond donors (Lipinski definition) is 4. The van der Waals surface area contributed by atoms with Gasteiger partial charge in [0.1, 0.15) is 0 Å². The van der Waals surface area contributed by atoms with E-state index < -0.39 is 23.8 Å². The van der Waals surface area contributed by atoms with Crippen molar-refractivity contribution >= 4 is 11.9 Å². The van der Waals surface area contributed by atoms with Crippen LogP contribution in [0.3, 0.4) is 0 Å². The fourth-order valence-corrected chi connectivity index (χ4v) is 8.68. The Bertz CT molecular complexity index is 1690. The van der Waals surface area contributed by atoms with Gasteiger partial charge in [0.25, 0.3) is 0 Å². The predicted octanol–water partition coefficient (Wildman–Crippen LogP) is 8.99. The Morgan fingerprint density at radius 2 is 0.804 bits per heavy atom. The maximum absolute atomic E-state index is 13.8. The molecule has 8 nitrogen and oxygen atoms in total. The van der Waals surface area contributed by atoms with Crippen LogP contribution in [0.5, 0.6) is 0 Å². The first-order chi connectivity index (χ1) is 26.7. The fourth-order valence-electron chi connectivity index (χ4n) is 8.68. The van der Waals surface area contributed by atoms with E-state index in [9.17, 15) is 30.0 Å². The number of carboxylic acid groups (broad SMARTS) is 2. The molecule has 302 valence electrons. The molecule has 0 aliphatic carbocycles. The van der Waals surface area contributed by atoms with Crippen LogP contribution in [-0.2, 0) is 22.8 Å². The van der Waals surface area contributed by atoms with E-state index in [-0.39, 0.29) is 49.2 Å². The third kappa shape index (κ3) is 10.9. The van der Waals surface area contributed by atoms with Crippen LogP contribution in [0, 0.1) is 0 Å². The highest BCUT2D eigenvalue weighted by atomic mass is 16.4. The molecule has 8 heteroatoms. The average molecular weight is 765 g/mol. The van der Waals surface area contributed by atoms with Gasteiger partial charge in [0, 0.05) is 36.0 Å². The number of aliphatic carboxylic acids is 2. The van der Waals surface area contributed by atoms with E-state index in [1.807, 2.05) is 72.8 Å². The molecule has 0 amide bonds. The highest BCUT2D eigenvalue weighted by molar-refractivity contribution is 5.89. The standard InChI is InChI=1S/C48H64N2O6/c1-31(2)49(32(3)4)25-23-39(37-15-11-9-12-16-37)43-27-35(29-51)19-21-41(43)45(47(53)54)46(48(55)56)42-22-20-36(30-52)28-44(42)40(38-17-13-10-14-18-38)24-26-50(33(5)6)34(7)8/h9-22,27-28,31-34,39-40,45-46,51-52H,23-26,29-30H2,1-8H3,(H,53,54)(H,55,56). The Morgan fingerprint density at radius 3 is 1.07 bits per heavy atom. The minimum atomic E-state index is -1.47. The molecule has 0 radical (unpaired) electrons. The number of carbonyl (C=O) groups is 2. The van der Waals surface area contributed by atoms with Crippen LogP contribution in [0.4, 0.5) is 0 Å². The summed E-state index contributed by atoms with van der Waals surface area (Å²) in [6.45, 7) is 18.3. The summed E-state index contributed by atoms with van der Waals surface area (Å²) in [6.07, 6.45) is 1.31. The number of carboxylic acids is 2. The quantitative estimate of drug-likeness (QED) is 0.0664. The summed E-state index contributed by atoms with van der Waals surface area (Å²) in [5.74, 6) is -5.97. The maximum Gasteiger partial charge on any atom is 0.312 e. The number of rotatable bonds is 21. The molecule has 4 aromatic rings. The van der Waals surface area contributed by atoms with E-state index in [2.05, 4.69) is 65.2 Å². The van der Waals surface area contributed by atoms with E-state index in [0.717, 1.165) is 24.2 Å². The van der Waals surface area contributed by atoms with Gasteiger partial charge in [0.2, 0.25) is 0 Å². The lowest BCUT2D eigenvalue weighted by atomic mass is 9.72. The van der Waals surface area contributed by atoms with E-state index in [1.54, 1.807) is 24.3 Å². The highest BCUT2D eigenvalue weighted by Gasteiger charge is 2.41. The Kier molecular flexibility index (Phi) is 16.4. The highest BCUT2D eigenvalue weighted by Crippen LogP contribution is 2.44. The minimum Gasteiger partial charge on any atom is -0.481 e. The summed E-state index contributed by atoms with van der Waals surface area (Å²) in [4.78, 5) is 32.4. The van der Waals surface area contributed by atoms with Gasteiger partial charge in [0.05, 0.1) is 25.0 Å². The monoisotopic (exact) mass is 764 g/mol. The smallest absolute Gasteiger partial charge is 0.312 e. The normalized spacial score (nSPS) is 14.2. The van der Waals surface area contributed by atoms with Crippen molar-refractivity contribution in [3.05, 3.63) is 142 Å². The van der Waals surface area contributed by atoms with Crippen LogP contribution in [-0.4, -0.2) is 79.4 Å². The van der Waals surface area contributed by atoms with Gasteiger partial charge in [-0.3, -0.25) is 19.4 Å². The summed E-state index contributed by atoms with van der Waals surface area (Å²) in [7, 11) is 0. The summed E-state index contributed by atoms with van der Waals surface area (Å²) in [5, 5.41) is 43.2. The van der Waals surface area contributed by atoms with E-state index in [1.165, 1.54) is 0 Å². The molecule has 0 aromatic heterocycles. The molecule has 4 rings (SSSR count). The summed E-state index contributed by atoms with van der Waals surface area (Å²) >= 11 is 0. The second kappa shape index (κ2) is 20.7. The predicted molar refractivity (Wildman–Crippen MR) is 225 cm³/mol. The topological polar surface area (TPSA) is 122 Å². The van der Waals surface area contributed by atoms with Crippen LogP contribution in [0.2, 0.25) is 0 Å². The molecule has 4 N–H and O–H groups in total. The molecular formula is C48H64N2O6. The lowest BCUT2D eigenvalue weighted by Gasteiger charge is -2.34. The molecule has 0 saturated heterocycles. The number of aliphatic hydroxyl groups excluding tert-OH is 2. The fraction of sp³-hybridized carbons (Fsp3) is 0.458. The Morgan fingerprint density at radius 1 is 0.482 bits per heavy atom. The lowest BCUT2D eigenvalue weighted by molar-refractivity contribution is -0.147. The first-order valence-corrected chi connectivity index (χ1v) is 20.2. The van der Waals surface area contributed by atoms with Gasteiger partial charge in [-0.2, -0.15) is 0 Å². The molecule has 0 aliphatic heterocycles. The molecule has 0 heterocycles. The first kappa shape index (κ1) is 44.4. The zero-order valence-corrected chi connectivity index (χ0v) is 34.6.